The Morgan fingerprint density at radius 1 is 1.24 bits per heavy atom. The molecule has 0 amide bonds. The van der Waals surface area contributed by atoms with Crippen molar-refractivity contribution in [3.63, 3.8) is 0 Å². The number of fused-ring (bicyclic) bond motifs is 1. The maximum Gasteiger partial charge on any atom is 0.143 e. The summed E-state index contributed by atoms with van der Waals surface area (Å²) in [5.74, 6) is 0.845. The predicted molar refractivity (Wildman–Crippen MR) is 92.7 cm³/mol. The van der Waals surface area contributed by atoms with Gasteiger partial charge in [-0.3, -0.25) is 0 Å². The van der Waals surface area contributed by atoms with Crippen LogP contribution in [0.1, 0.15) is 19.9 Å². The highest BCUT2D eigenvalue weighted by Crippen LogP contribution is 2.35. The second-order valence-corrected chi connectivity index (χ2v) is 6.56. The molecule has 0 saturated carbocycles. The number of nitrogen functional groups attached to an aromatic ring is 1. The number of halogens is 2. The van der Waals surface area contributed by atoms with Gasteiger partial charge in [0.25, 0.3) is 0 Å². The summed E-state index contributed by atoms with van der Waals surface area (Å²) in [5, 5.41) is 0.552. The van der Waals surface area contributed by atoms with E-state index < -0.39 is 0 Å². The summed E-state index contributed by atoms with van der Waals surface area (Å²) in [4.78, 5) is 4.76. The molecule has 0 atom stereocenters. The number of para-hydroxylation sites is 1. The highest BCUT2D eigenvalue weighted by Gasteiger charge is 2.17. The van der Waals surface area contributed by atoms with E-state index in [9.17, 15) is 0 Å². The van der Waals surface area contributed by atoms with Crippen molar-refractivity contribution < 1.29 is 0 Å². The minimum atomic E-state index is 0.268. The van der Waals surface area contributed by atoms with Gasteiger partial charge in [0.15, 0.2) is 0 Å². The molecule has 2 N–H and O–H groups in total. The molecule has 0 radical (unpaired) electrons. The van der Waals surface area contributed by atoms with Crippen LogP contribution in [0.3, 0.4) is 0 Å². The lowest BCUT2D eigenvalue weighted by Crippen LogP contribution is -2.04. The molecule has 3 rings (SSSR count). The summed E-state index contributed by atoms with van der Waals surface area (Å²) < 4.78 is 3.19. The molecular weight excluding hydrogens is 350 g/mol. The zero-order valence-corrected chi connectivity index (χ0v) is 14.1. The maximum atomic E-state index is 6.15. The largest absolute Gasteiger partial charge is 0.397 e. The summed E-state index contributed by atoms with van der Waals surface area (Å²) in [5.41, 5.74) is 9.59. The van der Waals surface area contributed by atoms with E-state index in [1.54, 1.807) is 6.07 Å². The van der Waals surface area contributed by atoms with Gasteiger partial charge in [0.1, 0.15) is 5.82 Å². The number of imidazole rings is 1. The molecule has 5 heteroatoms. The standard InChI is InChI=1S/C16H15BrClN3/c1-9(2)21-14-7-6-10(17)8-13(14)20-16(21)11-4-3-5-12(18)15(11)19/h3-9H,19H2,1-2H3. The number of nitrogens with zero attached hydrogens (tertiary/aromatic N) is 2. The minimum Gasteiger partial charge on any atom is -0.397 e. The zero-order valence-electron chi connectivity index (χ0n) is 11.8. The third-order valence-corrected chi connectivity index (χ3v) is 4.28. The predicted octanol–water partition coefficient (Wildman–Crippen LogP) is 5.28. The van der Waals surface area contributed by atoms with Gasteiger partial charge in [-0.2, -0.15) is 0 Å². The van der Waals surface area contributed by atoms with Gasteiger partial charge in [-0.25, -0.2) is 4.98 Å². The van der Waals surface area contributed by atoms with E-state index in [0.717, 1.165) is 26.9 Å². The lowest BCUT2D eigenvalue weighted by Gasteiger charge is -2.14. The smallest absolute Gasteiger partial charge is 0.143 e. The van der Waals surface area contributed by atoms with Crippen LogP contribution >= 0.6 is 27.5 Å². The first-order valence-electron chi connectivity index (χ1n) is 6.71. The number of anilines is 1. The highest BCUT2D eigenvalue weighted by atomic mass is 79.9. The van der Waals surface area contributed by atoms with Crippen molar-refractivity contribution in [1.29, 1.82) is 0 Å². The van der Waals surface area contributed by atoms with Gasteiger partial charge in [0, 0.05) is 16.1 Å². The number of hydrogen-bond acceptors (Lipinski definition) is 2. The van der Waals surface area contributed by atoms with Gasteiger partial charge in [0.05, 0.1) is 21.7 Å². The normalized spacial score (nSPS) is 11.5. The molecule has 0 aliphatic rings. The highest BCUT2D eigenvalue weighted by molar-refractivity contribution is 9.10. The van der Waals surface area contributed by atoms with Gasteiger partial charge in [-0.1, -0.05) is 33.6 Å². The van der Waals surface area contributed by atoms with Crippen LogP contribution in [-0.2, 0) is 0 Å². The Bertz CT molecular complexity index is 824. The molecule has 0 bridgehead atoms. The van der Waals surface area contributed by atoms with Crippen molar-refractivity contribution in [1.82, 2.24) is 9.55 Å². The van der Waals surface area contributed by atoms with Crippen LogP contribution in [0, 0.1) is 0 Å². The first-order valence-corrected chi connectivity index (χ1v) is 7.88. The first-order chi connectivity index (χ1) is 9.99. The zero-order chi connectivity index (χ0) is 15.1. The third kappa shape index (κ3) is 2.43. The number of hydrogen-bond donors (Lipinski definition) is 1. The van der Waals surface area contributed by atoms with Crippen molar-refractivity contribution in [3.8, 4) is 11.4 Å². The summed E-state index contributed by atoms with van der Waals surface area (Å²) in [6.07, 6.45) is 0. The number of aromatic nitrogens is 2. The average Bonchev–Trinajstić information content (AvgIpc) is 2.80. The van der Waals surface area contributed by atoms with Crippen LogP contribution in [0.25, 0.3) is 22.4 Å². The second-order valence-electron chi connectivity index (χ2n) is 5.23. The van der Waals surface area contributed by atoms with E-state index >= 15 is 0 Å². The van der Waals surface area contributed by atoms with Gasteiger partial charge in [0.2, 0.25) is 0 Å². The van der Waals surface area contributed by atoms with Crippen molar-refractivity contribution in [2.75, 3.05) is 5.73 Å². The first kappa shape index (κ1) is 14.4. The lowest BCUT2D eigenvalue weighted by molar-refractivity contribution is 0.624. The maximum absolute atomic E-state index is 6.15. The fraction of sp³-hybridized carbons (Fsp3) is 0.188. The van der Waals surface area contributed by atoms with Crippen molar-refractivity contribution in [2.24, 2.45) is 0 Å². The number of benzene rings is 2. The number of nitrogens with two attached hydrogens (primary N) is 1. The quantitative estimate of drug-likeness (QED) is 0.628. The molecule has 108 valence electrons. The van der Waals surface area contributed by atoms with Crippen LogP contribution in [-0.4, -0.2) is 9.55 Å². The Labute approximate surface area is 136 Å². The molecule has 0 aliphatic carbocycles. The molecule has 2 aromatic carbocycles. The van der Waals surface area contributed by atoms with Crippen LogP contribution in [0.5, 0.6) is 0 Å². The van der Waals surface area contributed by atoms with Crippen LogP contribution in [0.2, 0.25) is 5.02 Å². The molecule has 0 spiro atoms. The summed E-state index contributed by atoms with van der Waals surface area (Å²) in [7, 11) is 0. The van der Waals surface area contributed by atoms with E-state index in [-0.39, 0.29) is 6.04 Å². The molecule has 1 aromatic heterocycles. The molecule has 3 nitrogen and oxygen atoms in total. The van der Waals surface area contributed by atoms with Crippen LogP contribution in [0.15, 0.2) is 40.9 Å². The number of rotatable bonds is 2. The van der Waals surface area contributed by atoms with E-state index in [0.29, 0.717) is 10.7 Å². The molecule has 1 heterocycles. The van der Waals surface area contributed by atoms with Gasteiger partial charge < -0.3 is 10.3 Å². The van der Waals surface area contributed by atoms with E-state index in [2.05, 4.69) is 40.4 Å². The molecule has 0 unspecified atom stereocenters. The van der Waals surface area contributed by atoms with E-state index in [1.807, 2.05) is 24.3 Å². The molecule has 3 aromatic rings. The summed E-state index contributed by atoms with van der Waals surface area (Å²) >= 11 is 9.64. The summed E-state index contributed by atoms with van der Waals surface area (Å²) in [6, 6.07) is 12.0. The van der Waals surface area contributed by atoms with E-state index in [1.165, 1.54) is 0 Å². The summed E-state index contributed by atoms with van der Waals surface area (Å²) in [6.45, 7) is 4.26. The van der Waals surface area contributed by atoms with E-state index in [4.69, 9.17) is 22.3 Å². The Morgan fingerprint density at radius 2 is 2.00 bits per heavy atom. The van der Waals surface area contributed by atoms with Gasteiger partial charge in [-0.15, -0.1) is 0 Å². The Kier molecular flexibility index (Phi) is 3.68. The fourth-order valence-corrected chi connectivity index (χ4v) is 3.04. The Morgan fingerprint density at radius 3 is 2.71 bits per heavy atom. The SMILES string of the molecule is CC(C)n1c(-c2cccc(Cl)c2N)nc2cc(Br)ccc21. The van der Waals surface area contributed by atoms with Gasteiger partial charge in [-0.05, 0) is 44.2 Å². The van der Waals surface area contributed by atoms with Crippen molar-refractivity contribution >= 4 is 44.3 Å². The van der Waals surface area contributed by atoms with Crippen molar-refractivity contribution in [2.45, 2.75) is 19.9 Å². The molecule has 21 heavy (non-hydrogen) atoms. The Balaban J connectivity index is 2.36. The van der Waals surface area contributed by atoms with Gasteiger partial charge >= 0.3 is 0 Å². The minimum absolute atomic E-state index is 0.268. The van der Waals surface area contributed by atoms with Crippen LogP contribution < -0.4 is 5.73 Å². The molecular formula is C16H15BrClN3. The van der Waals surface area contributed by atoms with Crippen molar-refractivity contribution in [3.05, 3.63) is 45.9 Å². The molecule has 0 fully saturated rings. The molecule has 0 aliphatic heterocycles. The molecule has 0 saturated heterocycles. The Hall–Kier alpha value is -1.52. The topological polar surface area (TPSA) is 43.8 Å². The lowest BCUT2D eigenvalue weighted by atomic mass is 10.1. The fourth-order valence-electron chi connectivity index (χ4n) is 2.52. The monoisotopic (exact) mass is 363 g/mol. The van der Waals surface area contributed by atoms with Crippen LogP contribution in [0.4, 0.5) is 5.69 Å². The average molecular weight is 365 g/mol. The third-order valence-electron chi connectivity index (χ3n) is 3.46. The second kappa shape index (κ2) is 5.35.